The number of thioether (sulfide) groups is 1. The summed E-state index contributed by atoms with van der Waals surface area (Å²) in [6.45, 7) is 23.4. The Labute approximate surface area is 267 Å². The monoisotopic (exact) mass is 625 g/mol. The zero-order valence-electron chi connectivity index (χ0n) is 27.6. The Morgan fingerprint density at radius 2 is 1.73 bits per heavy atom. The van der Waals surface area contributed by atoms with E-state index in [2.05, 4.69) is 54.7 Å². The van der Waals surface area contributed by atoms with Crippen molar-refractivity contribution >= 4 is 35.2 Å². The van der Waals surface area contributed by atoms with Crippen LogP contribution in [0.5, 0.6) is 5.75 Å². The number of aliphatic hydroxyl groups is 1. The summed E-state index contributed by atoms with van der Waals surface area (Å²) in [6.07, 6.45) is 5.55. The van der Waals surface area contributed by atoms with E-state index in [1.54, 1.807) is 33.7 Å². The molecule has 2 bridgehead atoms. The van der Waals surface area contributed by atoms with Gasteiger partial charge in [0.05, 0.1) is 29.8 Å². The molecular weight excluding hydrogens is 574 g/mol. The van der Waals surface area contributed by atoms with Crippen LogP contribution in [0.3, 0.4) is 0 Å². The van der Waals surface area contributed by atoms with E-state index in [0.29, 0.717) is 37.4 Å². The van der Waals surface area contributed by atoms with Gasteiger partial charge in [0.25, 0.3) is 0 Å². The number of rotatable bonds is 13. The summed E-state index contributed by atoms with van der Waals surface area (Å²) in [6, 6.07) is 6.61. The van der Waals surface area contributed by atoms with Gasteiger partial charge in [0.15, 0.2) is 0 Å². The van der Waals surface area contributed by atoms with E-state index >= 15 is 0 Å². The lowest BCUT2D eigenvalue weighted by Gasteiger charge is -2.46. The number of hydrogen-bond acceptors (Lipinski definition) is 6. The number of amides is 3. The molecule has 4 rings (SSSR count). The molecule has 3 aliphatic heterocycles. The minimum absolute atomic E-state index is 0.0403. The van der Waals surface area contributed by atoms with Crippen molar-refractivity contribution in [2.75, 3.05) is 37.7 Å². The van der Waals surface area contributed by atoms with Crippen molar-refractivity contribution in [2.24, 2.45) is 17.3 Å². The molecular formula is C35H51N3O5S. The van der Waals surface area contributed by atoms with Crippen molar-refractivity contribution in [3.63, 3.8) is 0 Å². The summed E-state index contributed by atoms with van der Waals surface area (Å²) in [5, 5.41) is 10.1. The Morgan fingerprint density at radius 1 is 1.09 bits per heavy atom. The number of hydrogen-bond donors (Lipinski definition) is 1. The molecule has 0 radical (unpaired) electrons. The molecule has 1 aromatic rings. The highest BCUT2D eigenvalue weighted by Crippen LogP contribution is 2.71. The van der Waals surface area contributed by atoms with Gasteiger partial charge in [-0.15, -0.1) is 24.9 Å². The van der Waals surface area contributed by atoms with E-state index < -0.39 is 32.9 Å². The predicted molar refractivity (Wildman–Crippen MR) is 178 cm³/mol. The van der Waals surface area contributed by atoms with Crippen LogP contribution >= 0.6 is 11.8 Å². The van der Waals surface area contributed by atoms with Crippen molar-refractivity contribution in [3.05, 3.63) is 49.6 Å². The quantitative estimate of drug-likeness (QED) is 0.299. The summed E-state index contributed by atoms with van der Waals surface area (Å²) in [7, 11) is 0. The van der Waals surface area contributed by atoms with E-state index in [9.17, 15) is 19.5 Å². The standard InChI is InChI=1S/C35H51N3O5S/c1-10-19-36(24-13-15-25(16-14-24)43-12-3)29(40)26-27-30(41)37(21-22-39)28(35(27)18-17-34(26,9)44-35)31(42)38(20-11-2)33(7,8)23-32(4,5)6/h10-11,13-16,26-28,39H,1-2,12,17-23H2,3-9H3/t26-,27-,28?,34+,35?/m0/s1. The minimum Gasteiger partial charge on any atom is -0.494 e. The van der Waals surface area contributed by atoms with Crippen molar-refractivity contribution < 1.29 is 24.2 Å². The molecule has 3 saturated heterocycles. The molecule has 44 heavy (non-hydrogen) atoms. The summed E-state index contributed by atoms with van der Waals surface area (Å²) >= 11 is 1.65. The Kier molecular flexibility index (Phi) is 9.72. The maximum atomic E-state index is 14.8. The molecule has 8 nitrogen and oxygen atoms in total. The highest BCUT2D eigenvalue weighted by Gasteiger charge is 2.77. The van der Waals surface area contributed by atoms with Gasteiger partial charge in [0, 0.05) is 35.6 Å². The first-order valence-corrected chi connectivity index (χ1v) is 16.6. The van der Waals surface area contributed by atoms with Gasteiger partial charge in [0.1, 0.15) is 11.8 Å². The fourth-order valence-electron chi connectivity index (χ4n) is 8.24. The van der Waals surface area contributed by atoms with Gasteiger partial charge in [0.2, 0.25) is 17.7 Å². The number of carbonyl (C=O) groups excluding carboxylic acids is 3. The molecule has 2 unspecified atom stereocenters. The van der Waals surface area contributed by atoms with Gasteiger partial charge in [-0.2, -0.15) is 0 Å². The smallest absolute Gasteiger partial charge is 0.247 e. The van der Waals surface area contributed by atoms with Gasteiger partial charge in [-0.3, -0.25) is 14.4 Å². The van der Waals surface area contributed by atoms with Gasteiger partial charge in [-0.1, -0.05) is 32.9 Å². The third kappa shape index (κ3) is 5.94. The summed E-state index contributed by atoms with van der Waals surface area (Å²) in [5.74, 6) is -1.08. The highest BCUT2D eigenvalue weighted by molar-refractivity contribution is 8.02. The molecule has 3 aliphatic rings. The van der Waals surface area contributed by atoms with Crippen LogP contribution in [-0.2, 0) is 14.4 Å². The number of β-amino-alcohol motifs (C(OH)–C–C–N with tert-alkyl or cyclic N) is 1. The van der Waals surface area contributed by atoms with Crippen LogP contribution in [0.1, 0.15) is 67.7 Å². The van der Waals surface area contributed by atoms with E-state index in [1.807, 2.05) is 36.1 Å². The number of anilines is 1. The molecule has 0 aliphatic carbocycles. The predicted octanol–water partition coefficient (Wildman–Crippen LogP) is 5.31. The molecule has 9 heteroatoms. The average molecular weight is 626 g/mol. The molecule has 3 heterocycles. The Morgan fingerprint density at radius 3 is 2.27 bits per heavy atom. The molecule has 1 N–H and O–H groups in total. The average Bonchev–Trinajstić information content (AvgIpc) is 3.50. The number of nitrogens with zero attached hydrogens (tertiary/aromatic N) is 3. The lowest BCUT2D eigenvalue weighted by molar-refractivity contribution is -0.147. The lowest BCUT2D eigenvalue weighted by atomic mass is 9.66. The van der Waals surface area contributed by atoms with Crippen LogP contribution in [0, 0.1) is 17.3 Å². The van der Waals surface area contributed by atoms with Crippen LogP contribution in [0.2, 0.25) is 0 Å². The fourth-order valence-corrected chi connectivity index (χ4v) is 10.6. The largest absolute Gasteiger partial charge is 0.494 e. The number of aliphatic hydroxyl groups excluding tert-OH is 1. The first-order chi connectivity index (χ1) is 20.6. The van der Waals surface area contributed by atoms with Crippen LogP contribution < -0.4 is 9.64 Å². The van der Waals surface area contributed by atoms with Gasteiger partial charge >= 0.3 is 0 Å². The molecule has 3 fully saturated rings. The highest BCUT2D eigenvalue weighted by atomic mass is 32.2. The van der Waals surface area contributed by atoms with Gasteiger partial charge < -0.3 is 24.5 Å². The van der Waals surface area contributed by atoms with E-state index in [1.165, 1.54) is 0 Å². The number of benzene rings is 1. The fraction of sp³-hybridized carbons (Fsp3) is 0.629. The lowest BCUT2D eigenvalue weighted by Crippen LogP contribution is -2.60. The molecule has 5 atom stereocenters. The van der Waals surface area contributed by atoms with Crippen molar-refractivity contribution in [3.8, 4) is 5.75 Å². The van der Waals surface area contributed by atoms with E-state index in [4.69, 9.17) is 4.74 Å². The number of ether oxygens (including phenoxy) is 1. The van der Waals surface area contributed by atoms with Crippen molar-refractivity contribution in [1.82, 2.24) is 9.80 Å². The molecule has 3 amide bonds. The van der Waals surface area contributed by atoms with Crippen molar-refractivity contribution in [2.45, 2.75) is 88.8 Å². The van der Waals surface area contributed by atoms with Crippen LogP contribution in [-0.4, -0.2) is 86.6 Å². The van der Waals surface area contributed by atoms with Gasteiger partial charge in [-0.05, 0) is 76.6 Å². The second-order valence-electron chi connectivity index (χ2n) is 14.4. The van der Waals surface area contributed by atoms with Crippen LogP contribution in [0.25, 0.3) is 0 Å². The third-order valence-corrected chi connectivity index (χ3v) is 11.4. The molecule has 0 aromatic heterocycles. The zero-order valence-corrected chi connectivity index (χ0v) is 28.4. The maximum Gasteiger partial charge on any atom is 0.247 e. The Hall–Kier alpha value is -2.78. The number of fused-ring (bicyclic) bond motifs is 1. The van der Waals surface area contributed by atoms with Gasteiger partial charge in [-0.25, -0.2) is 0 Å². The topological polar surface area (TPSA) is 90.4 Å². The van der Waals surface area contributed by atoms with Crippen molar-refractivity contribution in [1.29, 1.82) is 0 Å². The third-order valence-electron chi connectivity index (χ3n) is 9.43. The SMILES string of the molecule is C=CCN(C(=O)[C@@H]1[C@H]2C(=O)N(CCO)C(C(=O)N(CC=C)C(C)(C)CC(C)(C)C)C23CC[C@@]1(C)S3)c1ccc(OCC)cc1. The van der Waals surface area contributed by atoms with Crippen LogP contribution in [0.4, 0.5) is 5.69 Å². The summed E-state index contributed by atoms with van der Waals surface area (Å²) in [5.41, 5.74) is 0.151. The van der Waals surface area contributed by atoms with E-state index in [0.717, 1.165) is 6.42 Å². The first-order valence-electron chi connectivity index (χ1n) is 15.8. The Bertz CT molecular complexity index is 1270. The second kappa shape index (κ2) is 12.5. The second-order valence-corrected chi connectivity index (χ2v) is 16.3. The Balaban J connectivity index is 1.77. The molecule has 1 spiro atoms. The first kappa shape index (κ1) is 34.1. The molecule has 242 valence electrons. The van der Waals surface area contributed by atoms with E-state index in [-0.39, 0.29) is 42.8 Å². The maximum absolute atomic E-state index is 14.8. The minimum atomic E-state index is -0.783. The molecule has 1 aromatic carbocycles. The molecule has 0 saturated carbocycles. The number of likely N-dealkylation sites (tertiary alicyclic amines) is 1. The normalized spacial score (nSPS) is 27.7. The summed E-state index contributed by atoms with van der Waals surface area (Å²) in [4.78, 5) is 49.0. The summed E-state index contributed by atoms with van der Waals surface area (Å²) < 4.78 is 4.32. The zero-order chi connectivity index (χ0) is 32.7. The number of carbonyl (C=O) groups is 3. The van der Waals surface area contributed by atoms with Crippen LogP contribution in [0.15, 0.2) is 49.6 Å².